The predicted molar refractivity (Wildman–Crippen MR) is 141 cm³/mol. The lowest BCUT2D eigenvalue weighted by atomic mass is 9.81. The second-order valence-electron chi connectivity index (χ2n) is 9.16. The van der Waals surface area contributed by atoms with Crippen LogP contribution < -0.4 is 10.6 Å². The summed E-state index contributed by atoms with van der Waals surface area (Å²) in [6.45, 7) is 1.95. The van der Waals surface area contributed by atoms with Gasteiger partial charge in [0.15, 0.2) is 0 Å². The van der Waals surface area contributed by atoms with E-state index in [1.54, 1.807) is 68.6 Å². The van der Waals surface area contributed by atoms with Crippen molar-refractivity contribution >= 4 is 41.2 Å². The molecule has 1 fully saturated rings. The molecule has 1 unspecified atom stereocenters. The summed E-state index contributed by atoms with van der Waals surface area (Å²) in [4.78, 5) is 53.0. The van der Waals surface area contributed by atoms with Crippen LogP contribution in [0.5, 0.6) is 0 Å². The highest BCUT2D eigenvalue weighted by atomic mass is 35.5. The number of pyridine rings is 1. The smallest absolute Gasteiger partial charge is 0.327 e. The highest BCUT2D eigenvalue weighted by Gasteiger charge is 2.56. The first-order valence-electron chi connectivity index (χ1n) is 11.9. The van der Waals surface area contributed by atoms with Crippen LogP contribution in [-0.2, 0) is 23.1 Å². The van der Waals surface area contributed by atoms with Crippen LogP contribution in [0.2, 0.25) is 5.02 Å². The molecular formula is C26H30ClN7O3. The number of β-lactam (4-membered cyclic amide) rings is 1. The maximum Gasteiger partial charge on any atom is 0.327 e. The summed E-state index contributed by atoms with van der Waals surface area (Å²) in [5.41, 5.74) is 7.42. The average molecular weight is 524 g/mol. The summed E-state index contributed by atoms with van der Waals surface area (Å²) in [5, 5.41) is 0.554. The van der Waals surface area contributed by atoms with Crippen molar-refractivity contribution in [3.05, 3.63) is 71.1 Å². The van der Waals surface area contributed by atoms with Crippen molar-refractivity contribution < 1.29 is 14.4 Å². The first-order chi connectivity index (χ1) is 17.6. The molecule has 0 saturated carbocycles. The summed E-state index contributed by atoms with van der Waals surface area (Å²) >= 11 is 6.18. The van der Waals surface area contributed by atoms with Crippen LogP contribution in [0.15, 0.2) is 55.0 Å². The van der Waals surface area contributed by atoms with Crippen LogP contribution >= 0.6 is 11.6 Å². The number of hydrogen-bond acceptors (Lipinski definition) is 6. The van der Waals surface area contributed by atoms with Gasteiger partial charge in [-0.25, -0.2) is 14.8 Å². The van der Waals surface area contributed by atoms with Gasteiger partial charge >= 0.3 is 6.03 Å². The third kappa shape index (κ3) is 5.01. The van der Waals surface area contributed by atoms with E-state index in [0.717, 1.165) is 16.0 Å². The Kier molecular flexibility index (Phi) is 7.49. The standard InChI is InChI=1S/C26H30ClN7O3/c1-5-20(17-7-6-8-18(27)15-17)32(3)26(37)34-22(24(36)33(4)25-30-11-12-31(25)2)19(23(34)35)13-16-9-10-29-21(28)14-16/h6-12,14-15,19-20,22H,5,13H2,1-4H3,(H2,28,29)/t19?,20-,22+/m1/s1. The summed E-state index contributed by atoms with van der Waals surface area (Å²) < 4.78 is 1.70. The molecule has 3 heterocycles. The number of nitrogen functional groups attached to an aromatic ring is 1. The number of carbonyl (C=O) groups excluding carboxylic acids is 3. The quantitative estimate of drug-likeness (QED) is 0.475. The summed E-state index contributed by atoms with van der Waals surface area (Å²) in [7, 11) is 4.98. The van der Waals surface area contributed by atoms with Crippen molar-refractivity contribution in [2.45, 2.75) is 31.8 Å². The third-order valence-electron chi connectivity index (χ3n) is 6.79. The van der Waals surface area contributed by atoms with E-state index >= 15 is 0 Å². The predicted octanol–water partition coefficient (Wildman–Crippen LogP) is 3.29. The molecule has 3 atom stereocenters. The van der Waals surface area contributed by atoms with Gasteiger partial charge in [-0.3, -0.25) is 19.4 Å². The molecule has 1 aliphatic heterocycles. The normalized spacial score (nSPS) is 17.8. The van der Waals surface area contributed by atoms with Crippen molar-refractivity contribution in [3.63, 3.8) is 0 Å². The van der Waals surface area contributed by atoms with E-state index in [1.807, 2.05) is 19.1 Å². The van der Waals surface area contributed by atoms with Crippen molar-refractivity contribution in [1.29, 1.82) is 0 Å². The molecule has 0 spiro atoms. The molecule has 2 N–H and O–H groups in total. The van der Waals surface area contributed by atoms with E-state index < -0.39 is 29.8 Å². The minimum atomic E-state index is -1.00. The number of nitrogens with two attached hydrogens (primary N) is 1. The molecule has 11 heteroatoms. The van der Waals surface area contributed by atoms with Gasteiger partial charge in [-0.05, 0) is 48.2 Å². The van der Waals surface area contributed by atoms with E-state index in [2.05, 4.69) is 9.97 Å². The number of benzene rings is 1. The fourth-order valence-corrected chi connectivity index (χ4v) is 5.05. The molecule has 4 rings (SSSR count). The van der Waals surface area contributed by atoms with Gasteiger partial charge < -0.3 is 15.2 Å². The van der Waals surface area contributed by atoms with E-state index in [0.29, 0.717) is 23.2 Å². The average Bonchev–Trinajstić information content (AvgIpc) is 3.30. The zero-order valence-electron chi connectivity index (χ0n) is 21.2. The number of halogens is 1. The number of rotatable bonds is 7. The zero-order chi connectivity index (χ0) is 26.9. The molecule has 2 aromatic heterocycles. The van der Waals surface area contributed by atoms with Gasteiger partial charge in [-0.1, -0.05) is 30.7 Å². The number of aryl methyl sites for hydroxylation is 1. The Balaban J connectivity index is 1.65. The van der Waals surface area contributed by atoms with E-state index in [4.69, 9.17) is 17.3 Å². The minimum Gasteiger partial charge on any atom is -0.384 e. The number of carbonyl (C=O) groups is 3. The number of nitrogens with zero attached hydrogens (tertiary/aromatic N) is 6. The number of amides is 4. The number of likely N-dealkylation sites (tertiary alicyclic amines) is 1. The Morgan fingerprint density at radius 2 is 1.92 bits per heavy atom. The molecule has 0 radical (unpaired) electrons. The van der Waals surface area contributed by atoms with Gasteiger partial charge in [0.25, 0.3) is 5.91 Å². The van der Waals surface area contributed by atoms with Gasteiger partial charge in [0.2, 0.25) is 11.9 Å². The number of imide groups is 1. The first kappa shape index (κ1) is 26.2. The molecule has 0 aliphatic carbocycles. The second kappa shape index (κ2) is 10.6. The Bertz CT molecular complexity index is 1330. The number of urea groups is 1. The summed E-state index contributed by atoms with van der Waals surface area (Å²) in [6, 6.07) is 8.79. The van der Waals surface area contributed by atoms with Crippen LogP contribution in [0.25, 0.3) is 0 Å². The lowest BCUT2D eigenvalue weighted by Crippen LogP contribution is -2.70. The van der Waals surface area contributed by atoms with Crippen LogP contribution in [0, 0.1) is 5.92 Å². The lowest BCUT2D eigenvalue weighted by molar-refractivity contribution is -0.157. The fraction of sp³-hybridized carbons (Fsp3) is 0.346. The summed E-state index contributed by atoms with van der Waals surface area (Å²) in [6.07, 6.45) is 5.69. The van der Waals surface area contributed by atoms with Crippen LogP contribution in [0.1, 0.15) is 30.5 Å². The van der Waals surface area contributed by atoms with Crippen molar-refractivity contribution in [2.24, 2.45) is 13.0 Å². The van der Waals surface area contributed by atoms with Crippen LogP contribution in [-0.4, -0.2) is 62.3 Å². The molecule has 10 nitrogen and oxygen atoms in total. The topological polar surface area (TPSA) is 118 Å². The zero-order valence-corrected chi connectivity index (χ0v) is 22.0. The highest BCUT2D eigenvalue weighted by molar-refractivity contribution is 6.30. The largest absolute Gasteiger partial charge is 0.384 e. The van der Waals surface area contributed by atoms with Crippen molar-refractivity contribution in [2.75, 3.05) is 24.7 Å². The van der Waals surface area contributed by atoms with Crippen molar-refractivity contribution in [3.8, 4) is 0 Å². The van der Waals surface area contributed by atoms with Gasteiger partial charge in [0.1, 0.15) is 11.9 Å². The first-order valence-corrected chi connectivity index (χ1v) is 12.3. The number of imidazole rings is 1. The van der Waals surface area contributed by atoms with Crippen molar-refractivity contribution in [1.82, 2.24) is 24.3 Å². The van der Waals surface area contributed by atoms with Gasteiger partial charge in [0, 0.05) is 44.8 Å². The van der Waals surface area contributed by atoms with E-state index in [-0.39, 0.29) is 12.5 Å². The highest BCUT2D eigenvalue weighted by Crippen LogP contribution is 2.35. The summed E-state index contributed by atoms with van der Waals surface area (Å²) in [5.74, 6) is -0.835. The maximum absolute atomic E-state index is 13.7. The molecule has 194 valence electrons. The molecule has 1 aliphatic rings. The monoisotopic (exact) mass is 523 g/mol. The number of aromatic nitrogens is 3. The van der Waals surface area contributed by atoms with E-state index in [1.165, 1.54) is 9.80 Å². The number of hydrogen-bond donors (Lipinski definition) is 1. The Hall–Kier alpha value is -3.92. The van der Waals surface area contributed by atoms with Crippen LogP contribution in [0.3, 0.4) is 0 Å². The molecule has 37 heavy (non-hydrogen) atoms. The molecular weight excluding hydrogens is 494 g/mol. The Labute approximate surface area is 220 Å². The minimum absolute atomic E-state index is 0.245. The van der Waals surface area contributed by atoms with Gasteiger partial charge in [-0.2, -0.15) is 0 Å². The molecule has 0 bridgehead atoms. The molecule has 1 aromatic carbocycles. The SMILES string of the molecule is CC[C@H](c1cccc(Cl)c1)N(C)C(=O)N1C(=O)C(Cc2ccnc(N)c2)[C@H]1C(=O)N(C)c1nccn1C. The van der Waals surface area contributed by atoms with Crippen LogP contribution in [0.4, 0.5) is 16.6 Å². The Morgan fingerprint density at radius 3 is 2.54 bits per heavy atom. The molecule has 3 aromatic rings. The molecule has 4 amide bonds. The fourth-order valence-electron chi connectivity index (χ4n) is 4.85. The lowest BCUT2D eigenvalue weighted by Gasteiger charge is -2.47. The molecule has 1 saturated heterocycles. The number of likely N-dealkylation sites (N-methyl/N-ethyl adjacent to an activating group) is 1. The maximum atomic E-state index is 13.7. The number of anilines is 2. The van der Waals surface area contributed by atoms with Gasteiger partial charge in [-0.15, -0.1) is 0 Å². The van der Waals surface area contributed by atoms with E-state index in [9.17, 15) is 14.4 Å². The Morgan fingerprint density at radius 1 is 1.16 bits per heavy atom. The second-order valence-corrected chi connectivity index (χ2v) is 9.60. The van der Waals surface area contributed by atoms with Gasteiger partial charge in [0.05, 0.1) is 12.0 Å². The third-order valence-corrected chi connectivity index (χ3v) is 7.02.